The summed E-state index contributed by atoms with van der Waals surface area (Å²) in [5.41, 5.74) is 8.52. The van der Waals surface area contributed by atoms with Crippen molar-refractivity contribution in [3.8, 4) is 5.75 Å². The van der Waals surface area contributed by atoms with E-state index < -0.39 is 0 Å². The number of nitrogen functional groups attached to an aromatic ring is 1. The van der Waals surface area contributed by atoms with Crippen LogP contribution in [-0.4, -0.2) is 13.0 Å². The number of nitrogens with one attached hydrogen (secondary N) is 1. The number of hydrogen-bond donors (Lipinski definition) is 2. The molecule has 0 radical (unpaired) electrons. The van der Waals surface area contributed by atoms with Gasteiger partial charge in [0, 0.05) is 15.7 Å². The fourth-order valence-electron chi connectivity index (χ4n) is 1.80. The second-order valence-corrected chi connectivity index (χ2v) is 5.23. The van der Waals surface area contributed by atoms with Crippen molar-refractivity contribution < 1.29 is 9.53 Å². The van der Waals surface area contributed by atoms with E-state index in [1.165, 1.54) is 7.11 Å². The number of halogens is 1. The summed E-state index contributed by atoms with van der Waals surface area (Å²) >= 11 is 3.42. The number of carbonyl (C=O) groups is 1. The van der Waals surface area contributed by atoms with Crippen molar-refractivity contribution in [3.63, 3.8) is 0 Å². The van der Waals surface area contributed by atoms with Gasteiger partial charge in [0.1, 0.15) is 5.75 Å². The Kier molecular flexibility index (Phi) is 4.29. The third-order valence-electron chi connectivity index (χ3n) is 2.91. The molecule has 3 N–H and O–H groups in total. The van der Waals surface area contributed by atoms with Gasteiger partial charge in [-0.3, -0.25) is 4.79 Å². The summed E-state index contributed by atoms with van der Waals surface area (Å²) in [4.78, 5) is 12.1. The molecule has 0 aromatic heterocycles. The van der Waals surface area contributed by atoms with Crippen LogP contribution < -0.4 is 15.8 Å². The number of benzene rings is 2. The molecule has 0 bridgehead atoms. The van der Waals surface area contributed by atoms with E-state index in [9.17, 15) is 4.79 Å². The van der Waals surface area contributed by atoms with Crippen LogP contribution in [0, 0.1) is 6.92 Å². The highest BCUT2D eigenvalue weighted by atomic mass is 79.9. The fraction of sp³-hybridized carbons (Fsp3) is 0.133. The van der Waals surface area contributed by atoms with Gasteiger partial charge in [-0.15, -0.1) is 0 Å². The molecule has 0 aliphatic rings. The molecule has 2 aromatic carbocycles. The lowest BCUT2D eigenvalue weighted by Crippen LogP contribution is -2.12. The molecule has 0 aliphatic carbocycles. The second kappa shape index (κ2) is 5.96. The van der Waals surface area contributed by atoms with E-state index >= 15 is 0 Å². The number of methoxy groups -OCH3 is 1. The van der Waals surface area contributed by atoms with Crippen molar-refractivity contribution in [1.29, 1.82) is 0 Å². The Morgan fingerprint density at radius 1 is 1.25 bits per heavy atom. The molecule has 5 heteroatoms. The summed E-state index contributed by atoms with van der Waals surface area (Å²) < 4.78 is 6.07. The molecule has 2 aromatic rings. The molecule has 0 fully saturated rings. The Morgan fingerprint density at radius 3 is 2.60 bits per heavy atom. The minimum Gasteiger partial charge on any atom is -0.495 e. The smallest absolute Gasteiger partial charge is 0.255 e. The number of aryl methyl sites for hydroxylation is 1. The van der Waals surface area contributed by atoms with E-state index in [2.05, 4.69) is 21.2 Å². The van der Waals surface area contributed by atoms with Crippen LogP contribution in [0.25, 0.3) is 0 Å². The summed E-state index contributed by atoms with van der Waals surface area (Å²) in [6.45, 7) is 1.96. The molecular formula is C15H15BrN2O2. The molecule has 0 aliphatic heterocycles. The van der Waals surface area contributed by atoms with Crippen LogP contribution in [0.2, 0.25) is 0 Å². The zero-order valence-electron chi connectivity index (χ0n) is 11.2. The van der Waals surface area contributed by atoms with Crippen molar-refractivity contribution in [2.45, 2.75) is 6.92 Å². The van der Waals surface area contributed by atoms with Crippen molar-refractivity contribution in [2.75, 3.05) is 18.2 Å². The second-order valence-electron chi connectivity index (χ2n) is 4.37. The van der Waals surface area contributed by atoms with Gasteiger partial charge < -0.3 is 15.8 Å². The first kappa shape index (κ1) is 14.4. The number of nitrogens with two attached hydrogens (primary N) is 1. The van der Waals surface area contributed by atoms with E-state index in [1.807, 2.05) is 25.1 Å². The van der Waals surface area contributed by atoms with Crippen LogP contribution in [0.15, 0.2) is 40.9 Å². The zero-order chi connectivity index (χ0) is 14.7. The van der Waals surface area contributed by atoms with Gasteiger partial charge in [-0.2, -0.15) is 0 Å². The fourth-order valence-corrected chi connectivity index (χ4v) is 2.05. The van der Waals surface area contributed by atoms with Crippen molar-refractivity contribution >= 4 is 33.2 Å². The Balaban J connectivity index is 2.19. The molecule has 0 heterocycles. The summed E-state index contributed by atoms with van der Waals surface area (Å²) in [7, 11) is 1.54. The molecule has 1 amide bonds. The van der Waals surface area contributed by atoms with Crippen molar-refractivity contribution in [1.82, 2.24) is 0 Å². The maximum atomic E-state index is 12.1. The first-order valence-corrected chi connectivity index (χ1v) is 6.81. The van der Waals surface area contributed by atoms with Crippen LogP contribution in [0.1, 0.15) is 15.9 Å². The van der Waals surface area contributed by atoms with Crippen LogP contribution >= 0.6 is 15.9 Å². The summed E-state index contributed by atoms with van der Waals surface area (Å²) in [5, 5.41) is 2.83. The molecule has 0 saturated heterocycles. The van der Waals surface area contributed by atoms with E-state index in [4.69, 9.17) is 10.5 Å². The summed E-state index contributed by atoms with van der Waals surface area (Å²) in [5.74, 6) is 0.349. The topological polar surface area (TPSA) is 64.3 Å². The van der Waals surface area contributed by atoms with Gasteiger partial charge in [-0.25, -0.2) is 0 Å². The predicted octanol–water partition coefficient (Wildman–Crippen LogP) is 3.60. The van der Waals surface area contributed by atoms with Gasteiger partial charge in [0.05, 0.1) is 12.8 Å². The van der Waals surface area contributed by atoms with Gasteiger partial charge in [-0.1, -0.05) is 15.9 Å². The maximum absolute atomic E-state index is 12.1. The average Bonchev–Trinajstić information content (AvgIpc) is 2.42. The number of anilines is 2. The maximum Gasteiger partial charge on any atom is 0.255 e. The van der Waals surface area contributed by atoms with Crippen LogP contribution in [0.4, 0.5) is 11.4 Å². The first-order chi connectivity index (χ1) is 9.51. The highest BCUT2D eigenvalue weighted by Gasteiger charge is 2.09. The van der Waals surface area contributed by atoms with E-state index in [0.29, 0.717) is 17.0 Å². The Morgan fingerprint density at radius 2 is 2.00 bits per heavy atom. The van der Waals surface area contributed by atoms with Gasteiger partial charge in [-0.05, 0) is 48.9 Å². The lowest BCUT2D eigenvalue weighted by atomic mass is 10.1. The quantitative estimate of drug-likeness (QED) is 0.843. The van der Waals surface area contributed by atoms with Gasteiger partial charge in [0.25, 0.3) is 5.91 Å². The van der Waals surface area contributed by atoms with E-state index in [0.717, 1.165) is 15.7 Å². The molecule has 0 spiro atoms. The minimum atomic E-state index is -0.207. The number of hydrogen-bond acceptors (Lipinski definition) is 3. The third kappa shape index (κ3) is 3.11. The highest BCUT2D eigenvalue weighted by Crippen LogP contribution is 2.23. The van der Waals surface area contributed by atoms with Gasteiger partial charge >= 0.3 is 0 Å². The van der Waals surface area contributed by atoms with Gasteiger partial charge in [0.15, 0.2) is 0 Å². The molecule has 0 saturated carbocycles. The number of carbonyl (C=O) groups excluding carboxylic acids is 1. The summed E-state index contributed by atoms with van der Waals surface area (Å²) in [6, 6.07) is 10.6. The molecule has 4 nitrogen and oxygen atoms in total. The molecule has 2 rings (SSSR count). The zero-order valence-corrected chi connectivity index (χ0v) is 12.8. The van der Waals surface area contributed by atoms with Crippen molar-refractivity contribution in [3.05, 3.63) is 52.0 Å². The third-order valence-corrected chi connectivity index (χ3v) is 3.80. The molecule has 104 valence electrons. The molecule has 0 unspecified atom stereocenters. The van der Waals surface area contributed by atoms with Crippen LogP contribution in [-0.2, 0) is 0 Å². The number of rotatable bonds is 3. The van der Waals surface area contributed by atoms with Crippen molar-refractivity contribution in [2.24, 2.45) is 0 Å². The normalized spacial score (nSPS) is 10.2. The van der Waals surface area contributed by atoms with Gasteiger partial charge in [0.2, 0.25) is 0 Å². The van der Waals surface area contributed by atoms with Crippen LogP contribution in [0.3, 0.4) is 0 Å². The standard InChI is InChI=1S/C15H15BrN2O2/c1-9-7-11(4-5-12(9)16)18-15(19)10-3-6-14(20-2)13(17)8-10/h3-8H,17H2,1-2H3,(H,18,19). The molecular weight excluding hydrogens is 320 g/mol. The predicted molar refractivity (Wildman–Crippen MR) is 84.2 cm³/mol. The largest absolute Gasteiger partial charge is 0.495 e. The monoisotopic (exact) mass is 334 g/mol. The van der Waals surface area contributed by atoms with E-state index in [1.54, 1.807) is 18.2 Å². The first-order valence-electron chi connectivity index (χ1n) is 6.02. The number of amides is 1. The number of ether oxygens (including phenoxy) is 1. The SMILES string of the molecule is COc1ccc(C(=O)Nc2ccc(Br)c(C)c2)cc1N. The lowest BCUT2D eigenvalue weighted by molar-refractivity contribution is 0.102. The van der Waals surface area contributed by atoms with E-state index in [-0.39, 0.29) is 5.91 Å². The summed E-state index contributed by atoms with van der Waals surface area (Å²) in [6.07, 6.45) is 0. The Bertz CT molecular complexity index is 656. The minimum absolute atomic E-state index is 0.207. The Labute approximate surface area is 126 Å². The van der Waals surface area contributed by atoms with Crippen LogP contribution in [0.5, 0.6) is 5.75 Å². The molecule has 20 heavy (non-hydrogen) atoms. The lowest BCUT2D eigenvalue weighted by Gasteiger charge is -2.09. The average molecular weight is 335 g/mol. The Hall–Kier alpha value is -2.01. The highest BCUT2D eigenvalue weighted by molar-refractivity contribution is 9.10. The molecule has 0 atom stereocenters.